The molecule has 21 heavy (non-hydrogen) atoms. The lowest BCUT2D eigenvalue weighted by Crippen LogP contribution is -2.32. The van der Waals surface area contributed by atoms with Crippen LogP contribution in [0.15, 0.2) is 28.7 Å². The first-order chi connectivity index (χ1) is 9.88. The van der Waals surface area contributed by atoms with E-state index in [0.29, 0.717) is 5.56 Å². The summed E-state index contributed by atoms with van der Waals surface area (Å²) in [5.41, 5.74) is 0.681. The highest BCUT2D eigenvalue weighted by Gasteiger charge is 2.39. The van der Waals surface area contributed by atoms with Gasteiger partial charge >= 0.3 is 11.9 Å². The molecule has 1 aromatic rings. The van der Waals surface area contributed by atoms with Gasteiger partial charge in [0.15, 0.2) is 0 Å². The van der Waals surface area contributed by atoms with E-state index in [9.17, 15) is 14.4 Å². The van der Waals surface area contributed by atoms with Gasteiger partial charge in [0.25, 0.3) is 0 Å². The van der Waals surface area contributed by atoms with Gasteiger partial charge in [0, 0.05) is 17.4 Å². The predicted octanol–water partition coefficient (Wildman–Crippen LogP) is 1.90. The minimum absolute atomic E-state index is 0.0438. The molecule has 2 unspecified atom stereocenters. The lowest BCUT2D eigenvalue weighted by atomic mass is 10.0. The fraction of sp³-hybridized carbons (Fsp3) is 0.357. The number of hydrogen-bond donors (Lipinski definition) is 2. The van der Waals surface area contributed by atoms with Crippen LogP contribution in [-0.2, 0) is 14.4 Å². The Balaban J connectivity index is 2.28. The number of nitrogens with zero attached hydrogens (tertiary/aromatic N) is 1. The van der Waals surface area contributed by atoms with E-state index in [-0.39, 0.29) is 25.3 Å². The average Bonchev–Trinajstić information content (AvgIpc) is 2.79. The van der Waals surface area contributed by atoms with Crippen molar-refractivity contribution in [3.63, 3.8) is 0 Å². The molecule has 0 aliphatic carbocycles. The van der Waals surface area contributed by atoms with Gasteiger partial charge in [0.1, 0.15) is 0 Å². The van der Waals surface area contributed by atoms with Crippen LogP contribution in [0, 0.1) is 5.92 Å². The summed E-state index contributed by atoms with van der Waals surface area (Å²) in [6.07, 6.45) is -0.332. The van der Waals surface area contributed by atoms with E-state index in [4.69, 9.17) is 10.2 Å². The third kappa shape index (κ3) is 3.60. The number of carbonyl (C=O) groups excluding carboxylic acids is 1. The van der Waals surface area contributed by atoms with Crippen LogP contribution in [-0.4, -0.2) is 39.5 Å². The van der Waals surface area contributed by atoms with E-state index in [2.05, 4.69) is 15.9 Å². The van der Waals surface area contributed by atoms with Crippen molar-refractivity contribution < 1.29 is 24.6 Å². The molecular formula is C14H14BrNO5. The number of carboxylic acids is 2. The van der Waals surface area contributed by atoms with E-state index in [1.807, 2.05) is 0 Å². The van der Waals surface area contributed by atoms with E-state index >= 15 is 0 Å². The number of halogens is 1. The maximum Gasteiger partial charge on any atom is 0.308 e. The smallest absolute Gasteiger partial charge is 0.308 e. The number of carbonyl (C=O) groups is 3. The van der Waals surface area contributed by atoms with Crippen molar-refractivity contribution in [2.75, 3.05) is 6.54 Å². The van der Waals surface area contributed by atoms with Crippen LogP contribution >= 0.6 is 15.9 Å². The Hall–Kier alpha value is -1.89. The lowest BCUT2D eigenvalue weighted by Gasteiger charge is -2.27. The molecule has 0 spiro atoms. The molecular weight excluding hydrogens is 342 g/mol. The van der Waals surface area contributed by atoms with Gasteiger partial charge in [0.05, 0.1) is 18.4 Å². The summed E-state index contributed by atoms with van der Waals surface area (Å²) in [4.78, 5) is 35.5. The minimum Gasteiger partial charge on any atom is -0.481 e. The van der Waals surface area contributed by atoms with E-state index in [1.54, 1.807) is 24.3 Å². The molecule has 0 bridgehead atoms. The summed E-state index contributed by atoms with van der Waals surface area (Å²) in [6, 6.07) is 6.35. The van der Waals surface area contributed by atoms with Crippen molar-refractivity contribution in [3.05, 3.63) is 34.3 Å². The van der Waals surface area contributed by atoms with Crippen molar-refractivity contribution >= 4 is 33.8 Å². The number of rotatable bonds is 5. The number of benzene rings is 1. The van der Waals surface area contributed by atoms with Gasteiger partial charge < -0.3 is 15.1 Å². The highest BCUT2D eigenvalue weighted by Crippen LogP contribution is 2.32. The Morgan fingerprint density at radius 1 is 1.29 bits per heavy atom. The standard InChI is InChI=1S/C14H14BrNO5/c15-10-3-1-8(2-4-10)11(6-13(18)19)16-7-9(14(20)21)5-12(16)17/h1-4,9,11H,5-7H2,(H,18,19)(H,20,21). The number of hydrogen-bond acceptors (Lipinski definition) is 3. The fourth-order valence-electron chi connectivity index (χ4n) is 2.46. The van der Waals surface area contributed by atoms with Crippen molar-refractivity contribution in [2.24, 2.45) is 5.92 Å². The summed E-state index contributed by atoms with van der Waals surface area (Å²) < 4.78 is 0.844. The molecule has 1 aromatic carbocycles. The molecule has 1 saturated heterocycles. The normalized spacial score (nSPS) is 19.6. The van der Waals surface area contributed by atoms with E-state index in [0.717, 1.165) is 4.47 Å². The summed E-state index contributed by atoms with van der Waals surface area (Å²) in [7, 11) is 0. The van der Waals surface area contributed by atoms with Crippen molar-refractivity contribution in [3.8, 4) is 0 Å². The molecule has 6 nitrogen and oxygen atoms in total. The Morgan fingerprint density at radius 3 is 2.38 bits per heavy atom. The average molecular weight is 356 g/mol. The highest BCUT2D eigenvalue weighted by molar-refractivity contribution is 9.10. The zero-order chi connectivity index (χ0) is 15.6. The zero-order valence-electron chi connectivity index (χ0n) is 11.0. The largest absolute Gasteiger partial charge is 0.481 e. The summed E-state index contributed by atoms with van der Waals surface area (Å²) >= 11 is 3.29. The predicted molar refractivity (Wildman–Crippen MR) is 76.6 cm³/mol. The van der Waals surface area contributed by atoms with Gasteiger partial charge in [-0.15, -0.1) is 0 Å². The highest BCUT2D eigenvalue weighted by atomic mass is 79.9. The van der Waals surface area contributed by atoms with E-state index in [1.165, 1.54) is 4.90 Å². The second kappa shape index (κ2) is 6.26. The SMILES string of the molecule is O=C(O)CC(c1ccc(Br)cc1)N1CC(C(=O)O)CC1=O. The van der Waals surface area contributed by atoms with Gasteiger partial charge in [-0.3, -0.25) is 14.4 Å². The number of carboxylic acid groups (broad SMARTS) is 2. The number of amides is 1. The van der Waals surface area contributed by atoms with Crippen molar-refractivity contribution in [1.82, 2.24) is 4.90 Å². The number of likely N-dealkylation sites (tertiary alicyclic amines) is 1. The maximum absolute atomic E-state index is 12.0. The molecule has 0 aromatic heterocycles. The topological polar surface area (TPSA) is 94.9 Å². The number of aliphatic carboxylic acids is 2. The second-order valence-electron chi connectivity index (χ2n) is 4.95. The Kier molecular flexibility index (Phi) is 4.62. The molecule has 112 valence electrons. The monoisotopic (exact) mass is 355 g/mol. The molecule has 2 N–H and O–H groups in total. The van der Waals surface area contributed by atoms with Gasteiger partial charge in [-0.2, -0.15) is 0 Å². The minimum atomic E-state index is -1.03. The fourth-order valence-corrected chi connectivity index (χ4v) is 2.72. The quantitative estimate of drug-likeness (QED) is 0.840. The first-order valence-corrected chi connectivity index (χ1v) is 7.17. The van der Waals surface area contributed by atoms with Crippen LogP contribution < -0.4 is 0 Å². The van der Waals surface area contributed by atoms with Crippen molar-refractivity contribution in [2.45, 2.75) is 18.9 Å². The Labute approximate surface area is 129 Å². The summed E-state index contributed by atoms with van der Waals surface area (Å²) in [6.45, 7) is 0.0438. The first kappa shape index (κ1) is 15.5. The molecule has 1 amide bonds. The molecule has 0 saturated carbocycles. The summed E-state index contributed by atoms with van der Waals surface area (Å²) in [5.74, 6) is -3.16. The van der Waals surface area contributed by atoms with Crippen LogP contribution in [0.25, 0.3) is 0 Å². The van der Waals surface area contributed by atoms with Crippen LogP contribution in [0.2, 0.25) is 0 Å². The second-order valence-corrected chi connectivity index (χ2v) is 5.87. The first-order valence-electron chi connectivity index (χ1n) is 6.38. The van der Waals surface area contributed by atoms with Crippen molar-refractivity contribution in [1.29, 1.82) is 0 Å². The molecule has 2 rings (SSSR count). The molecule has 1 aliphatic heterocycles. The van der Waals surface area contributed by atoms with E-state index < -0.39 is 23.9 Å². The third-order valence-electron chi connectivity index (χ3n) is 3.51. The van der Waals surface area contributed by atoms with Gasteiger partial charge in [-0.1, -0.05) is 28.1 Å². The maximum atomic E-state index is 12.0. The van der Waals surface area contributed by atoms with Crippen LogP contribution in [0.5, 0.6) is 0 Å². The molecule has 0 radical (unpaired) electrons. The Morgan fingerprint density at radius 2 is 1.90 bits per heavy atom. The molecule has 1 aliphatic rings. The third-order valence-corrected chi connectivity index (χ3v) is 4.04. The van der Waals surface area contributed by atoms with Crippen LogP contribution in [0.3, 0.4) is 0 Å². The summed E-state index contributed by atoms with van der Waals surface area (Å²) in [5, 5.41) is 18.1. The van der Waals surface area contributed by atoms with Gasteiger partial charge in [0.2, 0.25) is 5.91 Å². The molecule has 2 atom stereocenters. The van der Waals surface area contributed by atoms with Gasteiger partial charge in [-0.05, 0) is 17.7 Å². The zero-order valence-corrected chi connectivity index (χ0v) is 12.6. The molecule has 7 heteroatoms. The van der Waals surface area contributed by atoms with Gasteiger partial charge in [-0.25, -0.2) is 0 Å². The molecule has 1 heterocycles. The van der Waals surface area contributed by atoms with Crippen LogP contribution in [0.4, 0.5) is 0 Å². The molecule has 1 fully saturated rings. The van der Waals surface area contributed by atoms with Crippen LogP contribution in [0.1, 0.15) is 24.4 Å². The lowest BCUT2D eigenvalue weighted by molar-refractivity contribution is -0.141. The Bertz CT molecular complexity index is 571.